The molecule has 0 fully saturated rings. The highest BCUT2D eigenvalue weighted by Crippen LogP contribution is 2.36. The molecule has 148 valence electrons. The van der Waals surface area contributed by atoms with E-state index in [1.165, 1.54) is 5.56 Å². The minimum Gasteiger partial charge on any atom is -0.478 e. The second kappa shape index (κ2) is 8.13. The van der Waals surface area contributed by atoms with E-state index < -0.39 is 5.97 Å². The van der Waals surface area contributed by atoms with E-state index >= 15 is 0 Å². The Labute approximate surface area is 172 Å². The van der Waals surface area contributed by atoms with Crippen LogP contribution in [0, 0.1) is 5.92 Å². The van der Waals surface area contributed by atoms with E-state index in [-0.39, 0.29) is 11.6 Å². The number of thiazole rings is 1. The van der Waals surface area contributed by atoms with Gasteiger partial charge in [0.2, 0.25) is 0 Å². The summed E-state index contributed by atoms with van der Waals surface area (Å²) in [5, 5.41) is 18.0. The minimum absolute atomic E-state index is 0.185. The number of benzene rings is 2. The van der Waals surface area contributed by atoms with Crippen molar-refractivity contribution in [1.29, 1.82) is 0 Å². The molecule has 0 amide bonds. The average Bonchev–Trinajstić information content (AvgIpc) is 3.41. The Bertz CT molecular complexity index is 1120. The summed E-state index contributed by atoms with van der Waals surface area (Å²) in [6, 6.07) is 13.5. The maximum absolute atomic E-state index is 11.1. The zero-order valence-electron chi connectivity index (χ0n) is 16.3. The molecule has 1 N–H and O–H groups in total. The largest absolute Gasteiger partial charge is 0.478 e. The first kappa shape index (κ1) is 19.3. The maximum atomic E-state index is 11.1. The number of carboxylic acid groups (broad SMARTS) is 1. The van der Waals surface area contributed by atoms with Crippen LogP contribution in [0.2, 0.25) is 0 Å². The Kier molecular flexibility index (Phi) is 5.40. The molecular formula is C22H22N4O2S. The molecule has 6 nitrogen and oxygen atoms in total. The van der Waals surface area contributed by atoms with Gasteiger partial charge in [-0.15, -0.1) is 21.5 Å². The highest BCUT2D eigenvalue weighted by molar-refractivity contribution is 7.21. The van der Waals surface area contributed by atoms with Crippen LogP contribution in [0.3, 0.4) is 0 Å². The first-order valence-electron chi connectivity index (χ1n) is 9.69. The van der Waals surface area contributed by atoms with Gasteiger partial charge in [0.05, 0.1) is 21.8 Å². The Hall–Kier alpha value is -3.06. The third kappa shape index (κ3) is 3.78. The smallest absolute Gasteiger partial charge is 0.335 e. The van der Waals surface area contributed by atoms with Gasteiger partial charge >= 0.3 is 5.97 Å². The number of carbonyl (C=O) groups is 1. The normalized spacial score (nSPS) is 12.5. The molecule has 0 spiro atoms. The van der Waals surface area contributed by atoms with Gasteiger partial charge in [-0.3, -0.25) is 0 Å². The van der Waals surface area contributed by atoms with Crippen molar-refractivity contribution in [2.24, 2.45) is 5.92 Å². The number of carboxylic acids is 1. The van der Waals surface area contributed by atoms with Crippen LogP contribution in [0.4, 0.5) is 0 Å². The maximum Gasteiger partial charge on any atom is 0.335 e. The molecule has 0 saturated heterocycles. The van der Waals surface area contributed by atoms with E-state index in [2.05, 4.69) is 46.8 Å². The topological polar surface area (TPSA) is 80.9 Å². The monoisotopic (exact) mass is 406 g/mol. The van der Waals surface area contributed by atoms with Crippen LogP contribution >= 0.6 is 11.3 Å². The predicted octanol–water partition coefficient (Wildman–Crippen LogP) is 5.28. The molecular weight excluding hydrogens is 384 g/mol. The molecule has 0 aliphatic heterocycles. The number of rotatable bonds is 7. The minimum atomic E-state index is -0.924. The van der Waals surface area contributed by atoms with Crippen LogP contribution in [0.1, 0.15) is 48.7 Å². The zero-order chi connectivity index (χ0) is 20.4. The average molecular weight is 407 g/mol. The van der Waals surface area contributed by atoms with Crippen LogP contribution < -0.4 is 0 Å². The summed E-state index contributed by atoms with van der Waals surface area (Å²) >= 11 is 1.62. The summed E-state index contributed by atoms with van der Waals surface area (Å²) in [5.74, 6) is -0.439. The second-order valence-corrected chi connectivity index (χ2v) is 8.09. The number of fused-ring (bicyclic) bond motifs is 1. The number of hydrogen-bond acceptors (Lipinski definition) is 5. The quantitative estimate of drug-likeness (QED) is 0.452. The fourth-order valence-corrected chi connectivity index (χ4v) is 4.80. The molecule has 1 atom stereocenters. The van der Waals surface area contributed by atoms with Crippen LogP contribution in [0.25, 0.3) is 20.8 Å². The molecule has 2 aromatic carbocycles. The molecule has 29 heavy (non-hydrogen) atoms. The molecule has 4 rings (SSSR count). The van der Waals surface area contributed by atoms with Crippen molar-refractivity contribution in [3.05, 3.63) is 66.2 Å². The predicted molar refractivity (Wildman–Crippen MR) is 114 cm³/mol. The lowest BCUT2D eigenvalue weighted by Crippen LogP contribution is -2.19. The fourth-order valence-electron chi connectivity index (χ4n) is 3.78. The van der Waals surface area contributed by atoms with Gasteiger partial charge in [0.15, 0.2) is 0 Å². The second-order valence-electron chi connectivity index (χ2n) is 7.06. The molecule has 2 aromatic heterocycles. The summed E-state index contributed by atoms with van der Waals surface area (Å²) in [5.41, 5.74) is 3.37. The molecule has 0 aliphatic rings. The Morgan fingerprint density at radius 3 is 2.38 bits per heavy atom. The van der Waals surface area contributed by atoms with Gasteiger partial charge in [-0.2, -0.15) is 0 Å². The molecule has 1 unspecified atom stereocenters. The zero-order valence-corrected chi connectivity index (χ0v) is 17.1. The summed E-state index contributed by atoms with van der Waals surface area (Å²) in [4.78, 5) is 15.8. The van der Waals surface area contributed by atoms with Crippen molar-refractivity contribution in [3.63, 3.8) is 0 Å². The van der Waals surface area contributed by atoms with Crippen LogP contribution in [-0.4, -0.2) is 30.8 Å². The summed E-state index contributed by atoms with van der Waals surface area (Å²) in [6.45, 7) is 4.44. The fraction of sp³-hybridized carbons (Fsp3) is 0.273. The molecule has 0 saturated carbocycles. The van der Waals surface area contributed by atoms with Crippen molar-refractivity contribution in [3.8, 4) is 10.6 Å². The van der Waals surface area contributed by atoms with Crippen LogP contribution in [0.5, 0.6) is 0 Å². The molecule has 7 heteroatoms. The lowest BCUT2D eigenvalue weighted by Gasteiger charge is -2.26. The van der Waals surface area contributed by atoms with Crippen molar-refractivity contribution in [2.75, 3.05) is 0 Å². The van der Waals surface area contributed by atoms with Gasteiger partial charge in [-0.1, -0.05) is 44.9 Å². The van der Waals surface area contributed by atoms with E-state index in [9.17, 15) is 4.79 Å². The van der Waals surface area contributed by atoms with Gasteiger partial charge in [-0.05, 0) is 35.7 Å². The van der Waals surface area contributed by atoms with Crippen molar-refractivity contribution < 1.29 is 9.90 Å². The number of hydrogen-bond donors (Lipinski definition) is 1. The van der Waals surface area contributed by atoms with E-state index in [4.69, 9.17) is 10.1 Å². The van der Waals surface area contributed by atoms with Gasteiger partial charge in [0.25, 0.3) is 0 Å². The molecule has 0 bridgehead atoms. The summed E-state index contributed by atoms with van der Waals surface area (Å²) < 4.78 is 3.20. The van der Waals surface area contributed by atoms with Crippen molar-refractivity contribution in [1.82, 2.24) is 19.7 Å². The van der Waals surface area contributed by atoms with Gasteiger partial charge in [-0.25, -0.2) is 9.78 Å². The van der Waals surface area contributed by atoms with Gasteiger partial charge in [0.1, 0.15) is 17.7 Å². The molecule has 0 radical (unpaired) electrons. The lowest BCUT2D eigenvalue weighted by molar-refractivity contribution is 0.0697. The van der Waals surface area contributed by atoms with Gasteiger partial charge < -0.3 is 9.67 Å². The third-order valence-corrected chi connectivity index (χ3v) is 6.45. The van der Waals surface area contributed by atoms with Crippen LogP contribution in [0.15, 0.2) is 55.1 Å². The van der Waals surface area contributed by atoms with Crippen LogP contribution in [-0.2, 0) is 0 Å². The molecule has 4 aromatic rings. The molecule has 0 aliphatic carbocycles. The number of nitrogens with zero attached hydrogens (tertiary/aromatic N) is 4. The Morgan fingerprint density at radius 2 is 1.76 bits per heavy atom. The summed E-state index contributed by atoms with van der Waals surface area (Å²) in [7, 11) is 0. The SMILES string of the molecule is CCC(CC)C(c1ccc2nc(-c3ccc(C(=O)O)cc3)sc2c1)n1cnnc1. The van der Waals surface area contributed by atoms with Crippen molar-refractivity contribution >= 4 is 27.5 Å². The van der Waals surface area contributed by atoms with E-state index in [1.54, 1.807) is 36.1 Å². The standard InChI is InChI=1S/C22H22N4O2S/c1-3-14(4-2)20(26-12-23-24-13-26)17-9-10-18-19(11-17)29-21(25-18)15-5-7-16(8-6-15)22(27)28/h5-14,20H,3-4H2,1-2H3,(H,27,28). The van der Waals surface area contributed by atoms with Gasteiger partial charge in [0, 0.05) is 5.56 Å². The van der Waals surface area contributed by atoms with E-state index in [0.717, 1.165) is 33.6 Å². The summed E-state index contributed by atoms with van der Waals surface area (Å²) in [6.07, 6.45) is 5.72. The van der Waals surface area contributed by atoms with Crippen molar-refractivity contribution in [2.45, 2.75) is 32.7 Å². The Morgan fingerprint density at radius 1 is 1.07 bits per heavy atom. The third-order valence-electron chi connectivity index (χ3n) is 5.39. The first-order valence-corrected chi connectivity index (χ1v) is 10.5. The lowest BCUT2D eigenvalue weighted by atomic mass is 9.88. The number of aromatic carboxylic acids is 1. The number of aromatic nitrogens is 4. The highest BCUT2D eigenvalue weighted by Gasteiger charge is 2.23. The Balaban J connectivity index is 1.73. The highest BCUT2D eigenvalue weighted by atomic mass is 32.1. The first-order chi connectivity index (χ1) is 14.1. The van der Waals surface area contributed by atoms with E-state index in [0.29, 0.717) is 5.92 Å². The van der Waals surface area contributed by atoms with E-state index in [1.807, 2.05) is 12.1 Å². The molecule has 2 heterocycles.